The molecule has 0 amide bonds. The maximum absolute atomic E-state index is 10.8. The summed E-state index contributed by atoms with van der Waals surface area (Å²) in [6.45, 7) is 5.06. The van der Waals surface area contributed by atoms with E-state index in [0.717, 1.165) is 19.4 Å². The first-order chi connectivity index (χ1) is 7.55. The van der Waals surface area contributed by atoms with E-state index in [1.165, 1.54) is 11.1 Å². The zero-order valence-electron chi connectivity index (χ0n) is 9.96. The van der Waals surface area contributed by atoms with Crippen LogP contribution >= 0.6 is 0 Å². The molecule has 1 aromatic carbocycles. The van der Waals surface area contributed by atoms with E-state index in [9.17, 15) is 5.11 Å². The zero-order valence-corrected chi connectivity index (χ0v) is 9.96. The fourth-order valence-corrected chi connectivity index (χ4v) is 2.84. The molecule has 1 aliphatic carbocycles. The maximum Gasteiger partial charge on any atom is 0.0866 e. The maximum atomic E-state index is 10.8. The average Bonchev–Trinajstić information content (AvgIpc) is 2.88. The Bertz CT molecular complexity index is 420. The summed E-state index contributed by atoms with van der Waals surface area (Å²) in [5.41, 5.74) is 2.07. The molecule has 16 heavy (non-hydrogen) atoms. The highest BCUT2D eigenvalue weighted by atomic mass is 16.3. The van der Waals surface area contributed by atoms with Crippen LogP contribution in [0.25, 0.3) is 0 Å². The summed E-state index contributed by atoms with van der Waals surface area (Å²) in [6.07, 6.45) is 2.28. The highest BCUT2D eigenvalue weighted by Crippen LogP contribution is 2.58. The van der Waals surface area contributed by atoms with E-state index in [4.69, 9.17) is 0 Å². The van der Waals surface area contributed by atoms with Gasteiger partial charge in [0, 0.05) is 6.54 Å². The third-order valence-electron chi connectivity index (χ3n) is 4.65. The van der Waals surface area contributed by atoms with Crippen molar-refractivity contribution in [2.75, 3.05) is 0 Å². The molecular formula is C14H19NO. The number of hydrogen-bond donors (Lipinski definition) is 2. The van der Waals surface area contributed by atoms with E-state index in [0.29, 0.717) is 0 Å². The molecule has 2 nitrogen and oxygen atoms in total. The van der Waals surface area contributed by atoms with Gasteiger partial charge in [0.15, 0.2) is 0 Å². The third-order valence-corrected chi connectivity index (χ3v) is 4.65. The first kappa shape index (κ1) is 10.3. The molecule has 0 bridgehead atoms. The van der Waals surface area contributed by atoms with E-state index in [1.807, 2.05) is 6.92 Å². The van der Waals surface area contributed by atoms with Crippen molar-refractivity contribution in [1.29, 1.82) is 0 Å². The molecule has 2 aliphatic rings. The lowest BCUT2D eigenvalue weighted by Gasteiger charge is -2.37. The van der Waals surface area contributed by atoms with E-state index in [2.05, 4.69) is 36.5 Å². The Morgan fingerprint density at radius 2 is 2.06 bits per heavy atom. The number of benzene rings is 1. The van der Waals surface area contributed by atoms with Gasteiger partial charge < -0.3 is 10.4 Å². The van der Waals surface area contributed by atoms with Gasteiger partial charge in [-0.1, -0.05) is 31.2 Å². The lowest BCUT2D eigenvalue weighted by Crippen LogP contribution is -2.45. The predicted molar refractivity (Wildman–Crippen MR) is 64.0 cm³/mol. The Hall–Kier alpha value is -0.860. The van der Waals surface area contributed by atoms with Crippen molar-refractivity contribution in [2.45, 2.75) is 44.9 Å². The summed E-state index contributed by atoms with van der Waals surface area (Å²) < 4.78 is 0. The van der Waals surface area contributed by atoms with Crippen molar-refractivity contribution in [1.82, 2.24) is 5.32 Å². The van der Waals surface area contributed by atoms with Gasteiger partial charge in [0.1, 0.15) is 0 Å². The number of fused-ring (bicyclic) bond motifs is 1. The second-order valence-electron chi connectivity index (χ2n) is 5.72. The van der Waals surface area contributed by atoms with Gasteiger partial charge in [-0.15, -0.1) is 0 Å². The van der Waals surface area contributed by atoms with Crippen LogP contribution in [0.2, 0.25) is 0 Å². The van der Waals surface area contributed by atoms with Crippen LogP contribution in [0.15, 0.2) is 24.3 Å². The topological polar surface area (TPSA) is 32.3 Å². The molecule has 1 aromatic rings. The van der Waals surface area contributed by atoms with Crippen LogP contribution in [0, 0.1) is 5.41 Å². The summed E-state index contributed by atoms with van der Waals surface area (Å²) in [5, 5.41) is 14.3. The summed E-state index contributed by atoms with van der Waals surface area (Å²) >= 11 is 0. The molecule has 2 atom stereocenters. The van der Waals surface area contributed by atoms with Gasteiger partial charge in [0.2, 0.25) is 0 Å². The summed E-state index contributed by atoms with van der Waals surface area (Å²) in [6, 6.07) is 8.50. The molecule has 2 N–H and O–H groups in total. The molecule has 3 rings (SSSR count). The van der Waals surface area contributed by atoms with Gasteiger partial charge in [-0.3, -0.25) is 0 Å². The molecule has 1 heterocycles. The van der Waals surface area contributed by atoms with E-state index in [1.54, 1.807) is 0 Å². The fourth-order valence-electron chi connectivity index (χ4n) is 2.84. The van der Waals surface area contributed by atoms with Gasteiger partial charge in [-0.25, -0.2) is 0 Å². The van der Waals surface area contributed by atoms with Gasteiger partial charge in [-0.2, -0.15) is 0 Å². The van der Waals surface area contributed by atoms with Crippen molar-refractivity contribution < 1.29 is 5.11 Å². The van der Waals surface area contributed by atoms with E-state index < -0.39 is 5.60 Å². The lowest BCUT2D eigenvalue weighted by atomic mass is 9.78. The largest absolute Gasteiger partial charge is 0.388 e. The molecule has 1 aliphatic heterocycles. The summed E-state index contributed by atoms with van der Waals surface area (Å²) in [7, 11) is 0. The molecular weight excluding hydrogens is 198 g/mol. The van der Waals surface area contributed by atoms with Gasteiger partial charge >= 0.3 is 0 Å². The smallest absolute Gasteiger partial charge is 0.0866 e. The van der Waals surface area contributed by atoms with E-state index >= 15 is 0 Å². The minimum Gasteiger partial charge on any atom is -0.388 e. The standard InChI is InChI=1S/C14H19NO/c1-13(7-8-13)14(2,16)12-11-6-4-3-5-10(11)9-15-12/h3-6,12,15-16H,7-9H2,1-2H3. The molecule has 0 saturated heterocycles. The molecule has 2 unspecified atom stereocenters. The molecule has 0 spiro atoms. The Morgan fingerprint density at radius 3 is 2.75 bits per heavy atom. The van der Waals surface area contributed by atoms with Crippen LogP contribution in [0.5, 0.6) is 0 Å². The van der Waals surface area contributed by atoms with Crippen molar-refractivity contribution in [2.24, 2.45) is 5.41 Å². The number of hydrogen-bond acceptors (Lipinski definition) is 2. The van der Waals surface area contributed by atoms with E-state index in [-0.39, 0.29) is 11.5 Å². The predicted octanol–water partition coefficient (Wildman–Crippen LogP) is 2.38. The van der Waals surface area contributed by atoms with Gasteiger partial charge in [-0.05, 0) is 36.3 Å². The highest BCUT2D eigenvalue weighted by molar-refractivity contribution is 5.37. The number of rotatable bonds is 2. The first-order valence-electron chi connectivity index (χ1n) is 6.08. The van der Waals surface area contributed by atoms with Gasteiger partial charge in [0.05, 0.1) is 11.6 Å². The van der Waals surface area contributed by atoms with Crippen molar-refractivity contribution in [3.05, 3.63) is 35.4 Å². The average molecular weight is 217 g/mol. The van der Waals surface area contributed by atoms with Crippen LogP contribution in [0.4, 0.5) is 0 Å². The van der Waals surface area contributed by atoms with Crippen LogP contribution < -0.4 is 5.32 Å². The molecule has 0 radical (unpaired) electrons. The zero-order chi connectivity index (χ0) is 11.4. The number of aliphatic hydroxyl groups is 1. The van der Waals surface area contributed by atoms with Crippen molar-refractivity contribution in [3.8, 4) is 0 Å². The SMILES string of the molecule is CC1(C(C)(O)C2NCc3ccccc32)CC1. The second kappa shape index (κ2) is 3.08. The van der Waals surface area contributed by atoms with Gasteiger partial charge in [0.25, 0.3) is 0 Å². The monoisotopic (exact) mass is 217 g/mol. The highest BCUT2D eigenvalue weighted by Gasteiger charge is 2.57. The summed E-state index contributed by atoms with van der Waals surface area (Å²) in [4.78, 5) is 0. The third kappa shape index (κ3) is 1.26. The minimum atomic E-state index is -0.639. The summed E-state index contributed by atoms with van der Waals surface area (Å²) in [5.74, 6) is 0. The molecule has 2 heteroatoms. The van der Waals surface area contributed by atoms with Crippen LogP contribution in [0.3, 0.4) is 0 Å². The van der Waals surface area contributed by atoms with Crippen LogP contribution in [-0.4, -0.2) is 10.7 Å². The quantitative estimate of drug-likeness (QED) is 0.797. The molecule has 1 fully saturated rings. The Balaban J connectivity index is 1.98. The molecule has 1 saturated carbocycles. The fraction of sp³-hybridized carbons (Fsp3) is 0.571. The van der Waals surface area contributed by atoms with Crippen LogP contribution in [0.1, 0.15) is 43.9 Å². The van der Waals surface area contributed by atoms with Crippen molar-refractivity contribution >= 4 is 0 Å². The second-order valence-corrected chi connectivity index (χ2v) is 5.72. The normalized spacial score (nSPS) is 29.6. The lowest BCUT2D eigenvalue weighted by molar-refractivity contribution is -0.0400. The number of nitrogens with one attached hydrogen (secondary N) is 1. The Morgan fingerprint density at radius 1 is 1.38 bits per heavy atom. The van der Waals surface area contributed by atoms with Crippen LogP contribution in [-0.2, 0) is 6.54 Å². The first-order valence-corrected chi connectivity index (χ1v) is 6.08. The Kier molecular flexibility index (Phi) is 1.99. The minimum absolute atomic E-state index is 0.0937. The Labute approximate surface area is 96.7 Å². The molecule has 86 valence electrons. The molecule has 0 aromatic heterocycles. The van der Waals surface area contributed by atoms with Crippen molar-refractivity contribution in [3.63, 3.8) is 0 Å².